The first kappa shape index (κ1) is 8.74. The monoisotopic (exact) mass is 164 g/mol. The molecule has 3 nitrogen and oxygen atoms in total. The van der Waals surface area contributed by atoms with Crippen molar-refractivity contribution < 1.29 is 9.90 Å². The quantitative estimate of drug-likeness (QED) is 0.676. The largest absolute Gasteiger partial charge is 0.396 e. The Morgan fingerprint density at radius 2 is 2.17 bits per heavy atom. The summed E-state index contributed by atoms with van der Waals surface area (Å²) >= 11 is 0. The Morgan fingerprint density at radius 3 is 2.75 bits per heavy atom. The number of aliphatic hydroxyl groups excluding tert-OH is 1. The fraction of sp³-hybridized carbons (Fsp3) is 0.111. The summed E-state index contributed by atoms with van der Waals surface area (Å²) in [5, 5.41) is 8.62. The average molecular weight is 164 g/mol. The van der Waals surface area contributed by atoms with Gasteiger partial charge in [0, 0.05) is 12.0 Å². The van der Waals surface area contributed by atoms with Gasteiger partial charge >= 0.3 is 0 Å². The Bertz CT molecular complexity index is 284. The molecule has 1 aromatic carbocycles. The fourth-order valence-electron chi connectivity index (χ4n) is 0.998. The van der Waals surface area contributed by atoms with Crippen molar-refractivity contribution in [1.82, 2.24) is 0 Å². The number of hydrogen-bond acceptors (Lipinski definition) is 2. The zero-order valence-corrected chi connectivity index (χ0v) is 6.53. The van der Waals surface area contributed by atoms with E-state index in [0.29, 0.717) is 11.1 Å². The van der Waals surface area contributed by atoms with Gasteiger partial charge < -0.3 is 10.8 Å². The molecule has 12 heavy (non-hydrogen) atoms. The van der Waals surface area contributed by atoms with Crippen molar-refractivity contribution in [3.8, 4) is 0 Å². The lowest BCUT2D eigenvalue weighted by atomic mass is 10.0. The van der Waals surface area contributed by atoms with Crippen molar-refractivity contribution in [2.75, 3.05) is 6.61 Å². The molecule has 0 fully saturated rings. The second kappa shape index (κ2) is 3.88. The van der Waals surface area contributed by atoms with Crippen LogP contribution in [0.3, 0.4) is 0 Å². The predicted octanol–water partition coefficient (Wildman–Crippen LogP) is 0.330. The van der Waals surface area contributed by atoms with E-state index in [1.165, 1.54) is 0 Å². The number of amides is 1. The highest BCUT2D eigenvalue weighted by Gasteiger charge is 2.05. The summed E-state index contributed by atoms with van der Waals surface area (Å²) in [6.07, 6.45) is 1.54. The summed E-state index contributed by atoms with van der Waals surface area (Å²) in [5.41, 5.74) is 6.21. The molecule has 3 N–H and O–H groups in total. The van der Waals surface area contributed by atoms with Gasteiger partial charge in [0.2, 0.25) is 5.91 Å². The molecule has 0 aliphatic carbocycles. The summed E-state index contributed by atoms with van der Waals surface area (Å²) in [7, 11) is 0. The Labute approximate surface area is 70.8 Å². The van der Waals surface area contributed by atoms with Gasteiger partial charge in [0.15, 0.2) is 0 Å². The third-order valence-electron chi connectivity index (χ3n) is 1.54. The van der Waals surface area contributed by atoms with E-state index >= 15 is 0 Å². The molecule has 0 unspecified atom stereocenters. The highest BCUT2D eigenvalue weighted by Crippen LogP contribution is 2.09. The molecule has 1 amide bonds. The van der Waals surface area contributed by atoms with Gasteiger partial charge in [-0.1, -0.05) is 18.2 Å². The molecular weight excluding hydrogens is 154 g/mol. The van der Waals surface area contributed by atoms with Crippen molar-refractivity contribution in [3.63, 3.8) is 0 Å². The lowest BCUT2D eigenvalue weighted by Gasteiger charge is -2.02. The molecule has 0 saturated carbocycles. The third-order valence-corrected chi connectivity index (χ3v) is 1.54. The first-order valence-corrected chi connectivity index (χ1v) is 3.58. The number of nitrogens with two attached hydrogens (primary N) is 1. The van der Waals surface area contributed by atoms with Crippen LogP contribution in [-0.2, 0) is 0 Å². The van der Waals surface area contributed by atoms with Gasteiger partial charge in [-0.2, -0.15) is 0 Å². The Morgan fingerprint density at radius 1 is 1.50 bits per heavy atom. The number of hydrogen-bond donors (Lipinski definition) is 2. The molecule has 0 bridgehead atoms. The van der Waals surface area contributed by atoms with Crippen LogP contribution in [0.25, 0.3) is 0 Å². The number of primary amides is 1. The molecule has 0 saturated heterocycles. The van der Waals surface area contributed by atoms with Crippen molar-refractivity contribution in [2.24, 2.45) is 5.73 Å². The van der Waals surface area contributed by atoms with Gasteiger partial charge in [0.1, 0.15) is 0 Å². The van der Waals surface area contributed by atoms with Gasteiger partial charge in [-0.3, -0.25) is 4.79 Å². The fourth-order valence-corrected chi connectivity index (χ4v) is 0.998. The molecule has 0 aliphatic heterocycles. The summed E-state index contributed by atoms with van der Waals surface area (Å²) in [6.45, 7) is -0.0930. The minimum atomic E-state index is -0.477. The van der Waals surface area contributed by atoms with Crippen LogP contribution in [0.15, 0.2) is 24.3 Å². The van der Waals surface area contributed by atoms with Crippen molar-refractivity contribution in [1.29, 1.82) is 0 Å². The first-order valence-electron chi connectivity index (χ1n) is 3.58. The molecule has 1 aromatic rings. The molecule has 0 heterocycles. The maximum atomic E-state index is 10.8. The average Bonchev–Trinajstić information content (AvgIpc) is 2.05. The van der Waals surface area contributed by atoms with Gasteiger partial charge in [-0.25, -0.2) is 0 Å². The topological polar surface area (TPSA) is 63.3 Å². The summed E-state index contributed by atoms with van der Waals surface area (Å²) in [4.78, 5) is 10.8. The number of carbonyl (C=O) groups excluding carboxylic acids is 1. The molecule has 63 valence electrons. The van der Waals surface area contributed by atoms with Crippen molar-refractivity contribution >= 4 is 5.91 Å². The smallest absolute Gasteiger partial charge is 0.248 e. The Hall–Kier alpha value is -1.35. The zero-order valence-electron chi connectivity index (χ0n) is 6.53. The number of aliphatic hydroxyl groups is 1. The zero-order chi connectivity index (χ0) is 8.97. The van der Waals surface area contributed by atoms with Gasteiger partial charge in [-0.15, -0.1) is 0 Å². The van der Waals surface area contributed by atoms with E-state index in [1.54, 1.807) is 30.7 Å². The number of rotatable bonds is 3. The van der Waals surface area contributed by atoms with E-state index < -0.39 is 5.91 Å². The van der Waals surface area contributed by atoms with E-state index in [2.05, 4.69) is 0 Å². The highest BCUT2D eigenvalue weighted by molar-refractivity contribution is 5.94. The van der Waals surface area contributed by atoms with Gasteiger partial charge in [0.25, 0.3) is 0 Å². The summed E-state index contributed by atoms with van der Waals surface area (Å²) in [5.74, 6) is -0.477. The summed E-state index contributed by atoms with van der Waals surface area (Å²) < 4.78 is 0. The minimum absolute atomic E-state index is 0.0930. The molecule has 0 aromatic heterocycles. The number of benzene rings is 1. The molecule has 1 rings (SSSR count). The maximum absolute atomic E-state index is 10.8. The maximum Gasteiger partial charge on any atom is 0.248 e. The van der Waals surface area contributed by atoms with Crippen LogP contribution in [0.2, 0.25) is 0 Å². The van der Waals surface area contributed by atoms with Crippen LogP contribution in [0.1, 0.15) is 15.9 Å². The summed E-state index contributed by atoms with van der Waals surface area (Å²) in [6, 6.07) is 6.88. The Kier molecular flexibility index (Phi) is 2.82. The van der Waals surface area contributed by atoms with E-state index in [-0.39, 0.29) is 6.61 Å². The standard InChI is InChI=1S/C9H10NO2/c10-9(12)8-4-2-1-3-7(8)5-6-11/h1-5,11H,6H2,(H2,10,12). The SMILES string of the molecule is NC(=O)c1ccccc1[CH]CO. The van der Waals surface area contributed by atoms with Crippen LogP contribution in [0.4, 0.5) is 0 Å². The first-order chi connectivity index (χ1) is 5.75. The third kappa shape index (κ3) is 1.83. The van der Waals surface area contributed by atoms with Crippen LogP contribution in [0.5, 0.6) is 0 Å². The lowest BCUT2D eigenvalue weighted by Crippen LogP contribution is -2.13. The molecule has 1 radical (unpaired) electrons. The van der Waals surface area contributed by atoms with Gasteiger partial charge in [0.05, 0.1) is 6.61 Å². The second-order valence-corrected chi connectivity index (χ2v) is 2.34. The van der Waals surface area contributed by atoms with E-state index in [4.69, 9.17) is 10.8 Å². The lowest BCUT2D eigenvalue weighted by molar-refractivity contribution is 0.1000. The predicted molar refractivity (Wildman–Crippen MR) is 45.4 cm³/mol. The van der Waals surface area contributed by atoms with Crippen molar-refractivity contribution in [3.05, 3.63) is 41.8 Å². The molecule has 0 aliphatic rings. The molecular formula is C9H10NO2. The molecule has 3 heteroatoms. The van der Waals surface area contributed by atoms with Crippen LogP contribution in [-0.4, -0.2) is 17.6 Å². The van der Waals surface area contributed by atoms with E-state index in [9.17, 15) is 4.79 Å². The molecule has 0 atom stereocenters. The van der Waals surface area contributed by atoms with Gasteiger partial charge in [-0.05, 0) is 11.6 Å². The van der Waals surface area contributed by atoms with Crippen LogP contribution < -0.4 is 5.73 Å². The Balaban J connectivity index is 3.00. The van der Waals surface area contributed by atoms with E-state index in [1.807, 2.05) is 0 Å². The number of carbonyl (C=O) groups is 1. The second-order valence-electron chi connectivity index (χ2n) is 2.34. The van der Waals surface area contributed by atoms with Crippen LogP contribution in [0, 0.1) is 6.42 Å². The van der Waals surface area contributed by atoms with Crippen LogP contribution >= 0.6 is 0 Å². The van der Waals surface area contributed by atoms with Crippen molar-refractivity contribution in [2.45, 2.75) is 0 Å². The normalized spacial score (nSPS) is 9.75. The minimum Gasteiger partial charge on any atom is -0.396 e. The highest BCUT2D eigenvalue weighted by atomic mass is 16.3. The molecule has 0 spiro atoms. The van der Waals surface area contributed by atoms with E-state index in [0.717, 1.165) is 0 Å².